The van der Waals surface area contributed by atoms with Gasteiger partial charge in [-0.25, -0.2) is 17.9 Å². The van der Waals surface area contributed by atoms with Gasteiger partial charge in [0.1, 0.15) is 5.82 Å². The van der Waals surface area contributed by atoms with Crippen molar-refractivity contribution in [3.63, 3.8) is 0 Å². The highest BCUT2D eigenvalue weighted by Crippen LogP contribution is 2.35. The van der Waals surface area contributed by atoms with Crippen LogP contribution in [-0.4, -0.2) is 28.1 Å². The Hall–Kier alpha value is -3.62. The van der Waals surface area contributed by atoms with Crippen LogP contribution in [0.5, 0.6) is 0 Å². The van der Waals surface area contributed by atoms with Gasteiger partial charge >= 0.3 is 0 Å². The predicted octanol–water partition coefficient (Wildman–Crippen LogP) is 4.25. The second-order valence-corrected chi connectivity index (χ2v) is 7.64. The van der Waals surface area contributed by atoms with Gasteiger partial charge in [-0.3, -0.25) is 9.59 Å². The Kier molecular flexibility index (Phi) is 5.73. The second kappa shape index (κ2) is 8.49. The Bertz CT molecular complexity index is 1180. The summed E-state index contributed by atoms with van der Waals surface area (Å²) < 4.78 is 43.8. The molecule has 1 aromatic heterocycles. The van der Waals surface area contributed by atoms with Crippen molar-refractivity contribution in [1.82, 2.24) is 15.1 Å². The molecule has 2 N–H and O–H groups in total. The van der Waals surface area contributed by atoms with E-state index >= 15 is 0 Å². The lowest BCUT2D eigenvalue weighted by Crippen LogP contribution is -2.24. The molecule has 4 rings (SSSR count). The lowest BCUT2D eigenvalue weighted by atomic mass is 10.0. The van der Waals surface area contributed by atoms with Crippen LogP contribution in [-0.2, 0) is 15.5 Å². The van der Waals surface area contributed by atoms with Crippen molar-refractivity contribution in [2.45, 2.75) is 25.7 Å². The predicted molar refractivity (Wildman–Crippen MR) is 113 cm³/mol. The molecule has 6 nitrogen and oxygen atoms in total. The van der Waals surface area contributed by atoms with E-state index in [0.717, 1.165) is 0 Å². The first-order valence-electron chi connectivity index (χ1n) is 10.2. The number of benzene rings is 2. The standard InChI is InChI=1S/C23H21F3N4O2/c1-2-23(25,26)16-6-3-5-14(9-16)19-12-20(28-22(32)15-10-21(31)27-13-15)29-30(19)18-8-4-7-17(24)11-18/h3-9,11-12,15H,2,10,13H2,1H3,(H,27,31)(H,28,29,32)/t15-/m1/s1. The zero-order valence-electron chi connectivity index (χ0n) is 17.2. The number of halogens is 3. The first kappa shape index (κ1) is 21.6. The van der Waals surface area contributed by atoms with E-state index in [2.05, 4.69) is 15.7 Å². The molecule has 1 aliphatic heterocycles. The molecule has 0 unspecified atom stereocenters. The summed E-state index contributed by atoms with van der Waals surface area (Å²) in [5.74, 6) is -4.44. The third-order valence-electron chi connectivity index (χ3n) is 5.39. The number of nitrogens with one attached hydrogen (secondary N) is 2. The second-order valence-electron chi connectivity index (χ2n) is 7.64. The molecule has 0 saturated carbocycles. The average molecular weight is 442 g/mol. The Morgan fingerprint density at radius 2 is 2.00 bits per heavy atom. The Morgan fingerprint density at radius 1 is 1.22 bits per heavy atom. The molecule has 2 heterocycles. The summed E-state index contributed by atoms with van der Waals surface area (Å²) in [7, 11) is 0. The fourth-order valence-electron chi connectivity index (χ4n) is 3.58. The molecule has 1 atom stereocenters. The first-order valence-corrected chi connectivity index (χ1v) is 10.2. The number of rotatable bonds is 6. The number of amides is 2. The molecular weight excluding hydrogens is 421 g/mol. The van der Waals surface area contributed by atoms with Gasteiger partial charge in [0.25, 0.3) is 5.92 Å². The smallest absolute Gasteiger partial charge is 0.273 e. The quantitative estimate of drug-likeness (QED) is 0.599. The summed E-state index contributed by atoms with van der Waals surface area (Å²) in [6.45, 7) is 1.64. The zero-order valence-corrected chi connectivity index (χ0v) is 17.2. The van der Waals surface area contributed by atoms with E-state index in [-0.39, 0.29) is 42.6 Å². The number of nitrogens with zero attached hydrogens (tertiary/aromatic N) is 2. The van der Waals surface area contributed by atoms with Crippen LogP contribution in [0.2, 0.25) is 0 Å². The molecule has 2 aromatic carbocycles. The van der Waals surface area contributed by atoms with Crippen LogP contribution in [0.1, 0.15) is 25.3 Å². The van der Waals surface area contributed by atoms with Gasteiger partial charge in [-0.05, 0) is 24.3 Å². The maximum atomic E-state index is 14.3. The van der Waals surface area contributed by atoms with Crippen molar-refractivity contribution in [2.24, 2.45) is 5.92 Å². The molecule has 0 bridgehead atoms. The highest BCUT2D eigenvalue weighted by Gasteiger charge is 2.30. The van der Waals surface area contributed by atoms with E-state index in [4.69, 9.17) is 0 Å². The summed E-state index contributed by atoms with van der Waals surface area (Å²) in [5.41, 5.74) is 1.06. The minimum absolute atomic E-state index is 0.0808. The summed E-state index contributed by atoms with van der Waals surface area (Å²) in [4.78, 5) is 23.9. The number of carbonyl (C=O) groups is 2. The van der Waals surface area contributed by atoms with E-state index in [1.807, 2.05) is 0 Å². The highest BCUT2D eigenvalue weighted by molar-refractivity contribution is 5.97. The number of anilines is 1. The fourth-order valence-corrected chi connectivity index (χ4v) is 3.58. The summed E-state index contributed by atoms with van der Waals surface area (Å²) in [5, 5.41) is 9.63. The van der Waals surface area contributed by atoms with Crippen LogP contribution >= 0.6 is 0 Å². The third kappa shape index (κ3) is 4.37. The van der Waals surface area contributed by atoms with Gasteiger partial charge in [0.15, 0.2) is 5.82 Å². The minimum Gasteiger partial charge on any atom is -0.355 e. The number of aromatic nitrogens is 2. The third-order valence-corrected chi connectivity index (χ3v) is 5.39. The zero-order chi connectivity index (χ0) is 22.9. The van der Waals surface area contributed by atoms with Crippen LogP contribution in [0.25, 0.3) is 16.9 Å². The molecule has 3 aromatic rings. The van der Waals surface area contributed by atoms with Crippen molar-refractivity contribution in [3.05, 3.63) is 66.0 Å². The average Bonchev–Trinajstić information content (AvgIpc) is 3.40. The van der Waals surface area contributed by atoms with E-state index in [1.54, 1.807) is 12.1 Å². The first-order chi connectivity index (χ1) is 15.3. The lowest BCUT2D eigenvalue weighted by Gasteiger charge is -2.15. The van der Waals surface area contributed by atoms with Gasteiger partial charge < -0.3 is 10.6 Å². The Labute approximate surface area is 182 Å². The Morgan fingerprint density at radius 3 is 2.69 bits per heavy atom. The van der Waals surface area contributed by atoms with Crippen molar-refractivity contribution in [1.29, 1.82) is 0 Å². The number of carbonyl (C=O) groups excluding carboxylic acids is 2. The highest BCUT2D eigenvalue weighted by atomic mass is 19.3. The summed E-state index contributed by atoms with van der Waals surface area (Å²) in [6.07, 6.45) is -0.271. The molecule has 1 saturated heterocycles. The normalized spacial score (nSPS) is 16.1. The van der Waals surface area contributed by atoms with Gasteiger partial charge in [-0.15, -0.1) is 5.10 Å². The molecule has 0 radical (unpaired) electrons. The fraction of sp³-hybridized carbons (Fsp3) is 0.261. The van der Waals surface area contributed by atoms with Gasteiger partial charge in [0, 0.05) is 36.6 Å². The number of hydrogen-bond donors (Lipinski definition) is 2. The van der Waals surface area contributed by atoms with Crippen LogP contribution < -0.4 is 10.6 Å². The van der Waals surface area contributed by atoms with Crippen LogP contribution in [0, 0.1) is 11.7 Å². The van der Waals surface area contributed by atoms with Gasteiger partial charge in [0.2, 0.25) is 11.8 Å². The molecule has 0 aliphatic carbocycles. The number of hydrogen-bond acceptors (Lipinski definition) is 3. The van der Waals surface area contributed by atoms with E-state index in [1.165, 1.54) is 54.1 Å². The largest absolute Gasteiger partial charge is 0.355 e. The van der Waals surface area contributed by atoms with Crippen LogP contribution in [0.15, 0.2) is 54.6 Å². The van der Waals surface area contributed by atoms with Gasteiger partial charge in [0.05, 0.1) is 17.3 Å². The summed E-state index contributed by atoms with van der Waals surface area (Å²) >= 11 is 0. The monoisotopic (exact) mass is 442 g/mol. The van der Waals surface area contributed by atoms with Crippen molar-refractivity contribution in [2.75, 3.05) is 11.9 Å². The minimum atomic E-state index is -3.00. The van der Waals surface area contributed by atoms with E-state index in [0.29, 0.717) is 16.9 Å². The van der Waals surface area contributed by atoms with E-state index in [9.17, 15) is 22.8 Å². The van der Waals surface area contributed by atoms with Gasteiger partial charge in [-0.2, -0.15) is 0 Å². The van der Waals surface area contributed by atoms with Crippen LogP contribution in [0.4, 0.5) is 19.0 Å². The number of alkyl halides is 2. The molecule has 2 amide bonds. The molecule has 1 fully saturated rings. The molecule has 166 valence electrons. The van der Waals surface area contributed by atoms with Gasteiger partial charge in [-0.1, -0.05) is 31.2 Å². The molecule has 1 aliphatic rings. The maximum absolute atomic E-state index is 14.3. The van der Waals surface area contributed by atoms with Crippen molar-refractivity contribution in [3.8, 4) is 16.9 Å². The Balaban J connectivity index is 1.75. The molecular formula is C23H21F3N4O2. The van der Waals surface area contributed by atoms with E-state index < -0.39 is 17.7 Å². The van der Waals surface area contributed by atoms with Crippen molar-refractivity contribution < 1.29 is 22.8 Å². The lowest BCUT2D eigenvalue weighted by molar-refractivity contribution is -0.123. The van der Waals surface area contributed by atoms with Crippen LogP contribution in [0.3, 0.4) is 0 Å². The van der Waals surface area contributed by atoms with Crippen molar-refractivity contribution >= 4 is 17.6 Å². The molecule has 0 spiro atoms. The molecule has 9 heteroatoms. The maximum Gasteiger partial charge on any atom is 0.273 e. The summed E-state index contributed by atoms with van der Waals surface area (Å²) in [6, 6.07) is 13.1. The topological polar surface area (TPSA) is 76.0 Å². The SMILES string of the molecule is CCC(F)(F)c1cccc(-c2cc(NC(=O)[C@H]3CNC(=O)C3)nn2-c2cccc(F)c2)c1. The molecule has 32 heavy (non-hydrogen) atoms.